The zero-order valence-electron chi connectivity index (χ0n) is 14.9. The highest BCUT2D eigenvalue weighted by Crippen LogP contribution is 2.26. The number of hydrogen-bond donors (Lipinski definition) is 1. The van der Waals surface area contributed by atoms with Crippen molar-refractivity contribution in [1.82, 2.24) is 14.8 Å². The van der Waals surface area contributed by atoms with Crippen LogP contribution in [0.3, 0.4) is 0 Å². The van der Waals surface area contributed by atoms with E-state index >= 15 is 0 Å². The molecule has 0 fully saturated rings. The Morgan fingerprint density at radius 1 is 1.07 bits per heavy atom. The Morgan fingerprint density at radius 3 is 2.63 bits per heavy atom. The monoisotopic (exact) mass is 376 g/mol. The molecule has 0 atom stereocenters. The minimum Gasteiger partial charge on any atom is -0.321 e. The second kappa shape index (κ2) is 6.85. The summed E-state index contributed by atoms with van der Waals surface area (Å²) in [6.07, 6.45) is 1.62. The second-order valence-corrected chi connectivity index (χ2v) is 6.73. The molecule has 0 radical (unpaired) electrons. The number of aromatic nitrogens is 3. The van der Waals surface area contributed by atoms with Crippen LogP contribution in [-0.4, -0.2) is 20.7 Å². The molecule has 0 unspecified atom stereocenters. The van der Waals surface area contributed by atoms with E-state index < -0.39 is 0 Å². The number of fused-ring (bicyclic) bond motifs is 1. The average molecular weight is 377 g/mol. The van der Waals surface area contributed by atoms with Crippen LogP contribution in [0.15, 0.2) is 60.8 Å². The molecule has 5 nitrogen and oxygen atoms in total. The smallest absolute Gasteiger partial charge is 0.257 e. The Hall–Kier alpha value is -3.18. The first-order chi connectivity index (χ1) is 13.0. The number of rotatable bonds is 3. The lowest BCUT2D eigenvalue weighted by atomic mass is 10.0. The summed E-state index contributed by atoms with van der Waals surface area (Å²) in [4.78, 5) is 17.2. The molecule has 2 aromatic carbocycles. The minimum atomic E-state index is -0.277. The third-order valence-corrected chi connectivity index (χ3v) is 4.77. The van der Waals surface area contributed by atoms with Crippen LogP contribution in [0.1, 0.15) is 16.1 Å². The molecule has 0 saturated heterocycles. The van der Waals surface area contributed by atoms with E-state index in [1.165, 1.54) is 0 Å². The molecule has 0 aliphatic rings. The molecule has 6 heteroatoms. The minimum absolute atomic E-state index is 0.277. The van der Waals surface area contributed by atoms with Crippen LogP contribution in [0.25, 0.3) is 22.2 Å². The number of benzene rings is 2. The molecule has 4 aromatic rings. The lowest BCUT2D eigenvalue weighted by Crippen LogP contribution is -2.13. The topological polar surface area (TPSA) is 59.8 Å². The molecule has 0 aliphatic heterocycles. The number of pyridine rings is 1. The van der Waals surface area contributed by atoms with Gasteiger partial charge in [-0.15, -0.1) is 0 Å². The summed E-state index contributed by atoms with van der Waals surface area (Å²) < 4.78 is 1.72. The van der Waals surface area contributed by atoms with E-state index in [1.807, 2.05) is 56.4 Å². The number of hydrogen-bond acceptors (Lipinski definition) is 3. The second-order valence-electron chi connectivity index (χ2n) is 6.32. The average Bonchev–Trinajstić information content (AvgIpc) is 2.96. The van der Waals surface area contributed by atoms with E-state index in [4.69, 9.17) is 11.6 Å². The van der Waals surface area contributed by atoms with Gasteiger partial charge in [0, 0.05) is 12.4 Å². The van der Waals surface area contributed by atoms with Crippen LogP contribution in [0.2, 0.25) is 5.02 Å². The van der Waals surface area contributed by atoms with Crippen molar-refractivity contribution < 1.29 is 4.79 Å². The molecule has 27 heavy (non-hydrogen) atoms. The summed E-state index contributed by atoms with van der Waals surface area (Å²) in [5.74, 6) is -0.277. The van der Waals surface area contributed by atoms with Crippen LogP contribution in [0.5, 0.6) is 0 Å². The SMILES string of the molecule is Cc1nn(C)c2ncc(NC(=O)c3cc(-c4ccccc4)ccc3Cl)cc12. The molecular formula is C21H17ClN4O. The van der Waals surface area contributed by atoms with Crippen molar-refractivity contribution in [1.29, 1.82) is 0 Å². The van der Waals surface area contributed by atoms with Crippen molar-refractivity contribution >= 4 is 34.2 Å². The molecule has 2 heterocycles. The molecule has 0 aliphatic carbocycles. The fourth-order valence-electron chi connectivity index (χ4n) is 3.08. The molecule has 1 amide bonds. The number of carbonyl (C=O) groups is 1. The Morgan fingerprint density at radius 2 is 1.85 bits per heavy atom. The van der Waals surface area contributed by atoms with Gasteiger partial charge in [0.15, 0.2) is 5.65 Å². The van der Waals surface area contributed by atoms with Gasteiger partial charge in [-0.05, 0) is 36.2 Å². The van der Waals surface area contributed by atoms with Gasteiger partial charge in [0.05, 0.1) is 28.2 Å². The van der Waals surface area contributed by atoms with Gasteiger partial charge in [-0.1, -0.05) is 48.0 Å². The number of nitrogens with zero attached hydrogens (tertiary/aromatic N) is 3. The number of amides is 1. The molecule has 0 saturated carbocycles. The lowest BCUT2D eigenvalue weighted by molar-refractivity contribution is 0.102. The van der Waals surface area contributed by atoms with Gasteiger partial charge in [-0.2, -0.15) is 5.10 Å². The molecule has 0 bridgehead atoms. The van der Waals surface area contributed by atoms with Gasteiger partial charge in [0.1, 0.15) is 0 Å². The first kappa shape index (κ1) is 17.2. The molecule has 134 valence electrons. The summed E-state index contributed by atoms with van der Waals surface area (Å²) in [7, 11) is 1.84. The predicted octanol–water partition coefficient (Wildman–Crippen LogP) is 4.85. The van der Waals surface area contributed by atoms with Crippen molar-refractivity contribution in [3.8, 4) is 11.1 Å². The van der Waals surface area contributed by atoms with E-state index in [0.29, 0.717) is 16.3 Å². The highest BCUT2D eigenvalue weighted by Gasteiger charge is 2.14. The lowest BCUT2D eigenvalue weighted by Gasteiger charge is -2.09. The molecule has 0 spiro atoms. The number of anilines is 1. The third kappa shape index (κ3) is 3.29. The quantitative estimate of drug-likeness (QED) is 0.556. The van der Waals surface area contributed by atoms with Gasteiger partial charge < -0.3 is 5.32 Å². The van der Waals surface area contributed by atoms with Crippen LogP contribution < -0.4 is 5.32 Å². The van der Waals surface area contributed by atoms with Crippen molar-refractivity contribution in [2.45, 2.75) is 6.92 Å². The number of aryl methyl sites for hydroxylation is 2. The zero-order chi connectivity index (χ0) is 19.0. The van der Waals surface area contributed by atoms with E-state index in [9.17, 15) is 4.79 Å². The molecule has 2 aromatic heterocycles. The fraction of sp³-hybridized carbons (Fsp3) is 0.0952. The van der Waals surface area contributed by atoms with Crippen molar-refractivity contribution in [2.24, 2.45) is 7.05 Å². The Bertz CT molecular complexity index is 1150. The number of halogens is 1. The van der Waals surface area contributed by atoms with Crippen molar-refractivity contribution in [3.05, 3.63) is 77.1 Å². The summed E-state index contributed by atoms with van der Waals surface area (Å²) in [6.45, 7) is 1.91. The normalized spacial score (nSPS) is 10.9. The highest BCUT2D eigenvalue weighted by atomic mass is 35.5. The van der Waals surface area contributed by atoms with Crippen molar-refractivity contribution in [2.75, 3.05) is 5.32 Å². The summed E-state index contributed by atoms with van der Waals surface area (Å²) in [5, 5.41) is 8.54. The maximum absolute atomic E-state index is 12.8. The largest absolute Gasteiger partial charge is 0.321 e. The standard InChI is InChI=1S/C21H17ClN4O/c1-13-17-11-16(12-23-20(17)26(2)25-13)24-21(27)18-10-15(8-9-19(18)22)14-6-4-3-5-7-14/h3-12H,1-2H3,(H,24,27). The fourth-order valence-corrected chi connectivity index (χ4v) is 3.29. The summed E-state index contributed by atoms with van der Waals surface area (Å²) >= 11 is 6.28. The van der Waals surface area contributed by atoms with E-state index in [2.05, 4.69) is 15.4 Å². The Kier molecular flexibility index (Phi) is 4.38. The van der Waals surface area contributed by atoms with Crippen LogP contribution >= 0.6 is 11.6 Å². The van der Waals surface area contributed by atoms with E-state index in [0.717, 1.165) is 27.9 Å². The zero-order valence-corrected chi connectivity index (χ0v) is 15.7. The molecular weight excluding hydrogens is 360 g/mol. The molecule has 1 N–H and O–H groups in total. The van der Waals surface area contributed by atoms with Gasteiger partial charge in [-0.25, -0.2) is 4.98 Å². The Balaban J connectivity index is 1.66. The number of carbonyl (C=O) groups excluding carboxylic acids is 1. The summed E-state index contributed by atoms with van der Waals surface area (Å²) in [6, 6.07) is 17.2. The maximum atomic E-state index is 12.8. The predicted molar refractivity (Wildman–Crippen MR) is 108 cm³/mol. The van der Waals surface area contributed by atoms with Crippen molar-refractivity contribution in [3.63, 3.8) is 0 Å². The first-order valence-electron chi connectivity index (χ1n) is 8.48. The highest BCUT2D eigenvalue weighted by molar-refractivity contribution is 6.34. The van der Waals surface area contributed by atoms with Gasteiger partial charge in [0.25, 0.3) is 5.91 Å². The van der Waals surface area contributed by atoms with Crippen LogP contribution in [-0.2, 0) is 7.05 Å². The van der Waals surface area contributed by atoms with E-state index in [-0.39, 0.29) is 5.91 Å². The van der Waals surface area contributed by atoms with Gasteiger partial charge in [0.2, 0.25) is 0 Å². The van der Waals surface area contributed by atoms with Crippen LogP contribution in [0.4, 0.5) is 5.69 Å². The molecule has 4 rings (SSSR count). The maximum Gasteiger partial charge on any atom is 0.257 e. The first-order valence-corrected chi connectivity index (χ1v) is 8.86. The van der Waals surface area contributed by atoms with Crippen LogP contribution in [0, 0.1) is 6.92 Å². The van der Waals surface area contributed by atoms with Gasteiger partial charge >= 0.3 is 0 Å². The van der Waals surface area contributed by atoms with Gasteiger partial charge in [-0.3, -0.25) is 9.48 Å². The number of nitrogens with one attached hydrogen (secondary N) is 1. The van der Waals surface area contributed by atoms with E-state index in [1.54, 1.807) is 23.0 Å². The Labute approximate surface area is 161 Å². The summed E-state index contributed by atoms with van der Waals surface area (Å²) in [5.41, 5.74) is 4.61. The third-order valence-electron chi connectivity index (χ3n) is 4.44.